The summed E-state index contributed by atoms with van der Waals surface area (Å²) in [6, 6.07) is 8.47. The van der Waals surface area contributed by atoms with E-state index in [0.717, 1.165) is 0 Å². The lowest BCUT2D eigenvalue weighted by molar-refractivity contribution is 0.0524. The minimum absolute atomic E-state index is 0.0545. The van der Waals surface area contributed by atoms with Crippen molar-refractivity contribution in [1.29, 1.82) is 0 Å². The molecule has 0 aliphatic rings. The number of ketones is 1. The molecule has 2 rings (SSSR count). The van der Waals surface area contributed by atoms with Crippen molar-refractivity contribution in [1.82, 2.24) is 0 Å². The number of esters is 1. The van der Waals surface area contributed by atoms with Crippen LogP contribution in [0.2, 0.25) is 0 Å². The maximum absolute atomic E-state index is 12.2. The van der Waals surface area contributed by atoms with Gasteiger partial charge in [-0.25, -0.2) is 4.79 Å². The zero-order valence-corrected chi connectivity index (χ0v) is 13.1. The Balaban J connectivity index is 2.42. The van der Waals surface area contributed by atoms with E-state index in [1.165, 1.54) is 6.92 Å². The molecule has 1 aromatic carbocycles. The Bertz CT molecular complexity index is 746. The molecule has 1 amide bonds. The van der Waals surface area contributed by atoms with Crippen molar-refractivity contribution in [2.75, 3.05) is 11.9 Å². The zero-order chi connectivity index (χ0) is 17.0. The summed E-state index contributed by atoms with van der Waals surface area (Å²) < 4.78 is 10.4. The van der Waals surface area contributed by atoms with Gasteiger partial charge in [-0.15, -0.1) is 0 Å². The number of carbonyl (C=O) groups is 3. The van der Waals surface area contributed by atoms with Gasteiger partial charge in [0.15, 0.2) is 5.78 Å². The third kappa shape index (κ3) is 3.48. The molecule has 120 valence electrons. The molecule has 2 aromatic rings. The van der Waals surface area contributed by atoms with Crippen LogP contribution >= 0.6 is 0 Å². The van der Waals surface area contributed by atoms with Crippen LogP contribution in [-0.4, -0.2) is 24.3 Å². The van der Waals surface area contributed by atoms with Crippen LogP contribution in [0.1, 0.15) is 50.7 Å². The number of anilines is 1. The molecule has 0 unspecified atom stereocenters. The van der Waals surface area contributed by atoms with Crippen LogP contribution in [0.15, 0.2) is 34.7 Å². The third-order valence-corrected chi connectivity index (χ3v) is 3.18. The van der Waals surface area contributed by atoms with Crippen LogP contribution in [-0.2, 0) is 4.74 Å². The average Bonchev–Trinajstić information content (AvgIpc) is 2.84. The second-order valence-corrected chi connectivity index (χ2v) is 4.83. The molecular formula is C17H17NO5. The minimum atomic E-state index is -0.710. The fourth-order valence-corrected chi connectivity index (χ4v) is 2.22. The molecule has 6 heteroatoms. The van der Waals surface area contributed by atoms with Gasteiger partial charge in [0.25, 0.3) is 5.91 Å². The maximum Gasteiger partial charge on any atom is 0.344 e. The van der Waals surface area contributed by atoms with Crippen LogP contribution in [0, 0.1) is 6.92 Å². The van der Waals surface area contributed by atoms with Gasteiger partial charge in [0.1, 0.15) is 11.3 Å². The fourth-order valence-electron chi connectivity index (χ4n) is 2.22. The largest absolute Gasteiger partial charge is 0.462 e. The summed E-state index contributed by atoms with van der Waals surface area (Å²) in [4.78, 5) is 36.1. The predicted octanol–water partition coefficient (Wildman–Crippen LogP) is 3.22. The van der Waals surface area contributed by atoms with Crippen LogP contribution in [0.3, 0.4) is 0 Å². The first-order valence-electron chi connectivity index (χ1n) is 7.13. The average molecular weight is 315 g/mol. The summed E-state index contributed by atoms with van der Waals surface area (Å²) in [6.45, 7) is 4.67. The molecule has 1 heterocycles. The normalized spacial score (nSPS) is 10.2. The molecule has 0 aliphatic heterocycles. The molecule has 6 nitrogen and oxygen atoms in total. The summed E-state index contributed by atoms with van der Waals surface area (Å²) in [5.41, 5.74) is 0.466. The van der Waals surface area contributed by atoms with Crippen LogP contribution < -0.4 is 5.32 Å². The fraction of sp³-hybridized carbons (Fsp3) is 0.235. The maximum atomic E-state index is 12.2. The van der Waals surface area contributed by atoms with Gasteiger partial charge in [-0.1, -0.05) is 18.2 Å². The second-order valence-electron chi connectivity index (χ2n) is 4.83. The van der Waals surface area contributed by atoms with Crippen LogP contribution in [0.25, 0.3) is 0 Å². The topological polar surface area (TPSA) is 85.6 Å². The quantitative estimate of drug-likeness (QED) is 0.676. The SMILES string of the molecule is CCOC(=O)c1c(NC(=O)c2ccccc2)oc(C)c1C(C)=O. The summed E-state index contributed by atoms with van der Waals surface area (Å²) >= 11 is 0. The lowest BCUT2D eigenvalue weighted by Crippen LogP contribution is -2.16. The monoisotopic (exact) mass is 315 g/mol. The number of furan rings is 1. The van der Waals surface area contributed by atoms with Gasteiger partial charge in [0.05, 0.1) is 12.2 Å². The van der Waals surface area contributed by atoms with Gasteiger partial charge in [-0.05, 0) is 32.9 Å². The van der Waals surface area contributed by atoms with Gasteiger partial charge < -0.3 is 9.15 Å². The molecule has 0 radical (unpaired) electrons. The van der Waals surface area contributed by atoms with E-state index in [9.17, 15) is 14.4 Å². The number of hydrogen-bond acceptors (Lipinski definition) is 5. The van der Waals surface area contributed by atoms with E-state index in [4.69, 9.17) is 9.15 Å². The molecule has 0 saturated carbocycles. The van der Waals surface area contributed by atoms with E-state index in [2.05, 4.69) is 5.32 Å². The van der Waals surface area contributed by atoms with Gasteiger partial charge >= 0.3 is 5.97 Å². The van der Waals surface area contributed by atoms with E-state index >= 15 is 0 Å². The lowest BCUT2D eigenvalue weighted by atomic mass is 10.1. The van der Waals surface area contributed by atoms with Gasteiger partial charge in [-0.2, -0.15) is 0 Å². The molecular weight excluding hydrogens is 298 g/mol. The smallest absolute Gasteiger partial charge is 0.344 e. The Morgan fingerprint density at radius 2 is 1.78 bits per heavy atom. The van der Waals surface area contributed by atoms with E-state index in [1.807, 2.05) is 0 Å². The number of amides is 1. The molecule has 1 aromatic heterocycles. The zero-order valence-electron chi connectivity index (χ0n) is 13.1. The molecule has 23 heavy (non-hydrogen) atoms. The number of nitrogens with one attached hydrogen (secondary N) is 1. The molecule has 0 spiro atoms. The van der Waals surface area contributed by atoms with Crippen molar-refractivity contribution in [2.45, 2.75) is 20.8 Å². The number of carbonyl (C=O) groups excluding carboxylic acids is 3. The molecule has 0 bridgehead atoms. The number of aryl methyl sites for hydroxylation is 1. The van der Waals surface area contributed by atoms with E-state index < -0.39 is 11.9 Å². The Hall–Kier alpha value is -2.89. The Labute approximate surface area is 133 Å². The number of ether oxygens (including phenoxy) is 1. The van der Waals surface area contributed by atoms with Crippen molar-refractivity contribution < 1.29 is 23.5 Å². The molecule has 0 fully saturated rings. The highest BCUT2D eigenvalue weighted by atomic mass is 16.5. The predicted molar refractivity (Wildman–Crippen MR) is 83.8 cm³/mol. The number of Topliss-reactive ketones (excluding diaryl/α,β-unsaturated/α-hetero) is 1. The van der Waals surface area contributed by atoms with Gasteiger partial charge in [-0.3, -0.25) is 14.9 Å². The Morgan fingerprint density at radius 1 is 1.13 bits per heavy atom. The summed E-state index contributed by atoms with van der Waals surface area (Å²) in [5.74, 6) is -1.32. The first-order chi connectivity index (χ1) is 11.0. The lowest BCUT2D eigenvalue weighted by Gasteiger charge is -2.06. The van der Waals surface area contributed by atoms with Crippen LogP contribution in [0.4, 0.5) is 5.88 Å². The number of benzene rings is 1. The highest BCUT2D eigenvalue weighted by Gasteiger charge is 2.28. The number of hydrogen-bond donors (Lipinski definition) is 1. The highest BCUT2D eigenvalue weighted by molar-refractivity contribution is 6.12. The number of rotatable bonds is 5. The van der Waals surface area contributed by atoms with Crippen molar-refractivity contribution in [2.24, 2.45) is 0 Å². The molecule has 0 saturated heterocycles. The Kier molecular flexibility index (Phi) is 4.95. The van der Waals surface area contributed by atoms with Crippen molar-refractivity contribution in [3.63, 3.8) is 0 Å². The van der Waals surface area contributed by atoms with E-state index in [-0.39, 0.29) is 35.2 Å². The van der Waals surface area contributed by atoms with Gasteiger partial charge in [0, 0.05) is 5.56 Å². The van der Waals surface area contributed by atoms with Gasteiger partial charge in [0.2, 0.25) is 5.88 Å². The molecule has 0 aliphatic carbocycles. The standard InChI is InChI=1S/C17H17NO5/c1-4-22-17(21)14-13(10(2)19)11(3)23-16(14)18-15(20)12-8-6-5-7-9-12/h5-9H,4H2,1-3H3,(H,18,20). The minimum Gasteiger partial charge on any atom is -0.462 e. The first-order valence-corrected chi connectivity index (χ1v) is 7.13. The highest BCUT2D eigenvalue weighted by Crippen LogP contribution is 2.29. The summed E-state index contributed by atoms with van der Waals surface area (Å²) in [5, 5.41) is 2.52. The van der Waals surface area contributed by atoms with Crippen LogP contribution in [0.5, 0.6) is 0 Å². The Morgan fingerprint density at radius 3 is 2.35 bits per heavy atom. The third-order valence-electron chi connectivity index (χ3n) is 3.18. The second kappa shape index (κ2) is 6.91. The summed E-state index contributed by atoms with van der Waals surface area (Å²) in [6.07, 6.45) is 0. The van der Waals surface area contributed by atoms with Crippen molar-refractivity contribution in [3.05, 3.63) is 52.8 Å². The molecule has 1 N–H and O–H groups in total. The summed E-state index contributed by atoms with van der Waals surface area (Å²) in [7, 11) is 0. The van der Waals surface area contributed by atoms with E-state index in [0.29, 0.717) is 5.56 Å². The molecule has 0 atom stereocenters. The first kappa shape index (κ1) is 16.5. The van der Waals surface area contributed by atoms with Crippen molar-refractivity contribution >= 4 is 23.5 Å². The van der Waals surface area contributed by atoms with Crippen molar-refractivity contribution in [3.8, 4) is 0 Å². The van der Waals surface area contributed by atoms with E-state index in [1.54, 1.807) is 44.2 Å².